The molecule has 0 fully saturated rings. The van der Waals surface area contributed by atoms with Crippen molar-refractivity contribution >= 4 is 17.3 Å². The van der Waals surface area contributed by atoms with Crippen LogP contribution in [0, 0.1) is 10.1 Å². The number of benzene rings is 1. The summed E-state index contributed by atoms with van der Waals surface area (Å²) in [6.07, 6.45) is 0.805. The van der Waals surface area contributed by atoms with Gasteiger partial charge in [-0.15, -0.1) is 0 Å². The fraction of sp³-hybridized carbons (Fsp3) is 0.500. The average Bonchev–Trinajstić information content (AvgIpc) is 2.46. The lowest BCUT2D eigenvalue weighted by Gasteiger charge is -2.27. The smallest absolute Gasteiger partial charge is 0.282 e. The Hall–Kier alpha value is -2.11. The predicted octanol–water partition coefficient (Wildman–Crippen LogP) is 2.90. The molecule has 0 heterocycles. The van der Waals surface area contributed by atoms with Gasteiger partial charge >= 0.3 is 0 Å². The summed E-state index contributed by atoms with van der Waals surface area (Å²) in [5, 5.41) is 14.0. The maximum Gasteiger partial charge on any atom is 0.282 e. The van der Waals surface area contributed by atoms with Gasteiger partial charge in [-0.3, -0.25) is 14.9 Å². The molecule has 0 aliphatic carbocycles. The first-order chi connectivity index (χ1) is 9.46. The Morgan fingerprint density at radius 2 is 2.10 bits per heavy atom. The van der Waals surface area contributed by atoms with Gasteiger partial charge in [-0.25, -0.2) is 0 Å². The molecule has 110 valence electrons. The number of carbonyl (C=O) groups excluding carboxylic acids is 1. The Balaban J connectivity index is 3.27. The van der Waals surface area contributed by atoms with Crippen LogP contribution in [0.25, 0.3) is 0 Å². The molecule has 1 amide bonds. The summed E-state index contributed by atoms with van der Waals surface area (Å²) in [4.78, 5) is 24.8. The number of anilines is 1. The predicted molar refractivity (Wildman–Crippen MR) is 79.1 cm³/mol. The summed E-state index contributed by atoms with van der Waals surface area (Å²) in [6, 6.07) is 4.54. The Labute approximate surface area is 118 Å². The molecule has 0 saturated heterocycles. The highest BCUT2D eigenvalue weighted by Crippen LogP contribution is 2.25. The fourth-order valence-electron chi connectivity index (χ4n) is 2.05. The third-order valence-corrected chi connectivity index (χ3v) is 3.44. The van der Waals surface area contributed by atoms with E-state index < -0.39 is 4.92 Å². The number of rotatable bonds is 6. The second-order valence-corrected chi connectivity index (χ2v) is 4.59. The van der Waals surface area contributed by atoms with Gasteiger partial charge in [0.2, 0.25) is 0 Å². The molecule has 0 aliphatic heterocycles. The van der Waals surface area contributed by atoms with Crippen molar-refractivity contribution in [2.45, 2.75) is 33.2 Å². The Morgan fingerprint density at radius 1 is 1.45 bits per heavy atom. The lowest BCUT2D eigenvalue weighted by atomic mass is 10.1. The van der Waals surface area contributed by atoms with Crippen molar-refractivity contribution in [3.8, 4) is 0 Å². The van der Waals surface area contributed by atoms with Crippen LogP contribution in [-0.4, -0.2) is 35.4 Å². The van der Waals surface area contributed by atoms with Crippen LogP contribution in [0.2, 0.25) is 0 Å². The van der Waals surface area contributed by atoms with E-state index in [1.165, 1.54) is 12.1 Å². The van der Waals surface area contributed by atoms with Crippen molar-refractivity contribution < 1.29 is 9.72 Å². The molecule has 0 saturated carbocycles. The molecule has 1 N–H and O–H groups in total. The molecule has 1 atom stereocenters. The molecule has 0 aromatic heterocycles. The minimum absolute atomic E-state index is 0.0466. The van der Waals surface area contributed by atoms with Gasteiger partial charge < -0.3 is 10.2 Å². The van der Waals surface area contributed by atoms with Gasteiger partial charge in [0, 0.05) is 31.4 Å². The van der Waals surface area contributed by atoms with Gasteiger partial charge in [-0.1, -0.05) is 6.92 Å². The third kappa shape index (κ3) is 3.26. The zero-order valence-electron chi connectivity index (χ0n) is 12.3. The van der Waals surface area contributed by atoms with Crippen molar-refractivity contribution in [2.24, 2.45) is 0 Å². The fourth-order valence-corrected chi connectivity index (χ4v) is 2.05. The first-order valence-corrected chi connectivity index (χ1v) is 6.73. The molecule has 0 bridgehead atoms. The van der Waals surface area contributed by atoms with Gasteiger partial charge in [0.25, 0.3) is 11.6 Å². The van der Waals surface area contributed by atoms with E-state index in [4.69, 9.17) is 0 Å². The SMILES string of the molecule is CCC(C)N(CC)C(=O)c1cc(NC)ccc1[N+](=O)[O-]. The van der Waals surface area contributed by atoms with Crippen molar-refractivity contribution in [1.29, 1.82) is 0 Å². The molecule has 0 spiro atoms. The number of hydrogen-bond acceptors (Lipinski definition) is 4. The molecule has 20 heavy (non-hydrogen) atoms. The monoisotopic (exact) mass is 279 g/mol. The lowest BCUT2D eigenvalue weighted by molar-refractivity contribution is -0.385. The normalized spacial score (nSPS) is 11.8. The van der Waals surface area contributed by atoms with E-state index in [0.29, 0.717) is 12.2 Å². The van der Waals surface area contributed by atoms with Crippen molar-refractivity contribution in [3.63, 3.8) is 0 Å². The minimum atomic E-state index is -0.517. The maximum atomic E-state index is 12.6. The van der Waals surface area contributed by atoms with Crippen LogP contribution in [-0.2, 0) is 0 Å². The number of hydrogen-bond donors (Lipinski definition) is 1. The van der Waals surface area contributed by atoms with Gasteiger partial charge in [0.15, 0.2) is 0 Å². The van der Waals surface area contributed by atoms with Gasteiger partial charge in [0.05, 0.1) is 4.92 Å². The third-order valence-electron chi connectivity index (χ3n) is 3.44. The van der Waals surface area contributed by atoms with E-state index in [2.05, 4.69) is 5.32 Å². The topological polar surface area (TPSA) is 75.5 Å². The number of nitrogens with one attached hydrogen (secondary N) is 1. The molecular weight excluding hydrogens is 258 g/mol. The van der Waals surface area contributed by atoms with Gasteiger partial charge in [-0.2, -0.15) is 0 Å². The van der Waals surface area contributed by atoms with E-state index in [1.54, 1.807) is 18.0 Å². The molecular formula is C14H21N3O3. The highest BCUT2D eigenvalue weighted by Gasteiger charge is 2.26. The second-order valence-electron chi connectivity index (χ2n) is 4.59. The zero-order valence-corrected chi connectivity index (χ0v) is 12.3. The number of nitrogens with zero attached hydrogens (tertiary/aromatic N) is 2. The van der Waals surface area contributed by atoms with Crippen LogP contribution in [0.1, 0.15) is 37.6 Å². The summed E-state index contributed by atoms with van der Waals surface area (Å²) >= 11 is 0. The Morgan fingerprint density at radius 3 is 2.55 bits per heavy atom. The molecule has 0 aliphatic rings. The first kappa shape index (κ1) is 15.9. The van der Waals surface area contributed by atoms with Crippen LogP contribution in [0.4, 0.5) is 11.4 Å². The van der Waals surface area contributed by atoms with Crippen LogP contribution in [0.5, 0.6) is 0 Å². The molecule has 1 unspecified atom stereocenters. The molecule has 1 aromatic rings. The second kappa shape index (κ2) is 6.88. The van der Waals surface area contributed by atoms with E-state index in [9.17, 15) is 14.9 Å². The first-order valence-electron chi connectivity index (χ1n) is 6.73. The zero-order chi connectivity index (χ0) is 15.3. The summed E-state index contributed by atoms with van der Waals surface area (Å²) < 4.78 is 0. The van der Waals surface area contributed by atoms with Crippen LogP contribution in [0.15, 0.2) is 18.2 Å². The molecule has 6 nitrogen and oxygen atoms in total. The summed E-state index contributed by atoms with van der Waals surface area (Å²) in [6.45, 7) is 6.32. The summed E-state index contributed by atoms with van der Waals surface area (Å²) in [5.41, 5.74) is 0.652. The van der Waals surface area contributed by atoms with Crippen LogP contribution >= 0.6 is 0 Å². The van der Waals surface area contributed by atoms with Crippen molar-refractivity contribution in [2.75, 3.05) is 18.9 Å². The largest absolute Gasteiger partial charge is 0.388 e. The van der Waals surface area contributed by atoms with E-state index in [1.807, 2.05) is 20.8 Å². The van der Waals surface area contributed by atoms with Crippen molar-refractivity contribution in [3.05, 3.63) is 33.9 Å². The van der Waals surface area contributed by atoms with Crippen molar-refractivity contribution in [1.82, 2.24) is 4.90 Å². The molecule has 1 aromatic carbocycles. The molecule has 6 heteroatoms. The van der Waals surface area contributed by atoms with Crippen LogP contribution in [0.3, 0.4) is 0 Å². The highest BCUT2D eigenvalue weighted by atomic mass is 16.6. The summed E-state index contributed by atoms with van der Waals surface area (Å²) in [7, 11) is 1.71. The average molecular weight is 279 g/mol. The lowest BCUT2D eigenvalue weighted by Crippen LogP contribution is -2.38. The highest BCUT2D eigenvalue weighted by molar-refractivity contribution is 5.99. The van der Waals surface area contributed by atoms with Crippen LogP contribution < -0.4 is 5.32 Å². The number of nitro benzene ring substituents is 1. The van der Waals surface area contributed by atoms with E-state index >= 15 is 0 Å². The van der Waals surface area contributed by atoms with Gasteiger partial charge in [-0.05, 0) is 32.4 Å². The quantitative estimate of drug-likeness (QED) is 0.641. The standard InChI is InChI=1S/C14H21N3O3/c1-5-10(3)16(6-2)14(18)12-9-11(15-4)7-8-13(12)17(19)20/h7-10,15H,5-6H2,1-4H3. The van der Waals surface area contributed by atoms with Gasteiger partial charge in [0.1, 0.15) is 5.56 Å². The minimum Gasteiger partial charge on any atom is -0.388 e. The molecule has 0 radical (unpaired) electrons. The summed E-state index contributed by atoms with van der Waals surface area (Å²) in [5.74, 6) is -0.300. The molecule has 1 rings (SSSR count). The number of amides is 1. The number of nitro groups is 1. The Bertz CT molecular complexity index is 502. The Kier molecular flexibility index (Phi) is 5.49. The maximum absolute atomic E-state index is 12.6. The van der Waals surface area contributed by atoms with E-state index in [-0.39, 0.29) is 23.2 Å². The number of carbonyl (C=O) groups is 1. The van der Waals surface area contributed by atoms with E-state index in [0.717, 1.165) is 6.42 Å².